The zero-order valence-electron chi connectivity index (χ0n) is 44.9. The Kier molecular flexibility index (Phi) is 23.6. The van der Waals surface area contributed by atoms with Gasteiger partial charge in [0.05, 0.1) is 11.4 Å². The quantitative estimate of drug-likeness (QED) is 0.0474. The Labute approximate surface area is 484 Å². The van der Waals surface area contributed by atoms with Crippen LogP contribution in [0.1, 0.15) is 68.2 Å². The summed E-state index contributed by atoms with van der Waals surface area (Å²) in [5.41, 5.74) is 4.14. The first-order chi connectivity index (χ1) is 38.7. The van der Waals surface area contributed by atoms with Crippen LogP contribution >= 0.6 is 7.92 Å². The van der Waals surface area contributed by atoms with Crippen LogP contribution in [-0.4, -0.2) is 27.3 Å². The van der Waals surface area contributed by atoms with Crippen molar-refractivity contribution in [2.75, 3.05) is 0 Å². The minimum atomic E-state index is -4.40. The molecule has 0 fully saturated rings. The summed E-state index contributed by atoms with van der Waals surface area (Å²) in [7, 11) is -1.18. The minimum Gasteiger partial charge on any atom is -0.652 e. The summed E-state index contributed by atoms with van der Waals surface area (Å²) in [4.78, 5) is 15.7. The van der Waals surface area contributed by atoms with E-state index in [9.17, 15) is 39.5 Å². The number of hydrogen-bond acceptors (Lipinski definition) is 4. The first-order valence-corrected chi connectivity index (χ1v) is 26.6. The fourth-order valence-electron chi connectivity index (χ4n) is 8.60. The molecule has 0 unspecified atom stereocenters. The number of aryl methyl sites for hydroxylation is 1. The summed E-state index contributed by atoms with van der Waals surface area (Å²) < 4.78 is 120. The predicted molar refractivity (Wildman–Crippen MR) is 308 cm³/mol. The Bertz CT molecular complexity index is 3520. The van der Waals surface area contributed by atoms with Crippen LogP contribution in [0.4, 0.5) is 39.5 Å². The van der Waals surface area contributed by atoms with Crippen molar-refractivity contribution in [3.8, 4) is 47.6 Å². The van der Waals surface area contributed by atoms with Crippen LogP contribution in [0.5, 0.6) is 11.5 Å². The maximum atomic E-state index is 13.0. The third kappa shape index (κ3) is 17.6. The molecule has 0 saturated carbocycles. The van der Waals surface area contributed by atoms with E-state index in [-0.39, 0.29) is 47.6 Å². The molecule has 0 aliphatic heterocycles. The average molecular weight is 1190 g/mol. The van der Waals surface area contributed by atoms with E-state index in [0.717, 1.165) is 23.1 Å². The number of terminal acetylenes is 2. The zero-order chi connectivity index (χ0) is 58.7. The monoisotopic (exact) mass is 1180 g/mol. The van der Waals surface area contributed by atoms with Gasteiger partial charge in [-0.05, 0) is 128 Å². The van der Waals surface area contributed by atoms with E-state index in [1.165, 1.54) is 28.2 Å². The number of nitrogens with zero attached hydrogens (tertiary/aromatic N) is 4. The molecule has 4 aromatic carbocycles. The first kappa shape index (κ1) is 64.5. The van der Waals surface area contributed by atoms with Gasteiger partial charge in [0.1, 0.15) is 23.8 Å². The summed E-state index contributed by atoms with van der Waals surface area (Å²) in [6.07, 6.45) is 2.43. The number of ether oxygens (including phenoxy) is 1. The molecule has 0 saturated heterocycles. The van der Waals surface area contributed by atoms with Crippen LogP contribution in [0.25, 0.3) is 22.5 Å². The van der Waals surface area contributed by atoms with Crippen LogP contribution < -0.4 is 25.6 Å². The first-order valence-electron chi connectivity index (χ1n) is 25.1. The number of hydrogen-bond donors (Lipinski definition) is 0. The Morgan fingerprint density at radius 1 is 0.585 bits per heavy atom. The molecule has 8 aromatic rings. The molecule has 5 nitrogen and oxygen atoms in total. The molecule has 10 rings (SSSR count). The molecular weight excluding hydrogens is 1130 g/mol. The molecule has 0 N–H and O–H groups in total. The molecule has 82 heavy (non-hydrogen) atoms. The fourth-order valence-corrected chi connectivity index (χ4v) is 11.2. The summed E-state index contributed by atoms with van der Waals surface area (Å²) >= 11 is 0. The molecule has 4 heterocycles. The van der Waals surface area contributed by atoms with Gasteiger partial charge in [0.2, 0.25) is 0 Å². The summed E-state index contributed by atoms with van der Waals surface area (Å²) in [5.74, 6) is 6.25. The van der Waals surface area contributed by atoms with Gasteiger partial charge in [-0.15, -0.1) is 36.4 Å². The Morgan fingerprint density at radius 3 is 1.51 bits per heavy atom. The van der Waals surface area contributed by atoms with E-state index < -0.39 is 43.3 Å². The molecule has 1 radical (unpaired) electrons. The van der Waals surface area contributed by atoms with E-state index in [1.54, 1.807) is 94.7 Å². The number of aromatic nitrogens is 4. The Balaban J connectivity index is 0.000000201. The number of benzene rings is 4. The average Bonchev–Trinajstić information content (AvgIpc) is 4.22. The van der Waals surface area contributed by atoms with E-state index in [2.05, 4.69) is 124 Å². The van der Waals surface area contributed by atoms with Crippen molar-refractivity contribution in [3.05, 3.63) is 258 Å². The van der Waals surface area contributed by atoms with Crippen molar-refractivity contribution in [3.63, 3.8) is 0 Å². The van der Waals surface area contributed by atoms with Gasteiger partial charge in [0, 0.05) is 60.4 Å². The number of allylic oxidation sites excluding steroid dienone is 8. The van der Waals surface area contributed by atoms with E-state index in [4.69, 9.17) is 11.2 Å². The van der Waals surface area contributed by atoms with Crippen molar-refractivity contribution in [2.45, 2.75) is 65.5 Å². The van der Waals surface area contributed by atoms with Crippen LogP contribution in [0.3, 0.4) is 0 Å². The van der Waals surface area contributed by atoms with Crippen LogP contribution in [0.15, 0.2) is 222 Å². The summed E-state index contributed by atoms with van der Waals surface area (Å²) in [6, 6.07) is 54.2. The number of pyridine rings is 3. The van der Waals surface area contributed by atoms with E-state index in [1.807, 2.05) is 30.3 Å². The normalized spacial score (nSPS) is 12.9. The molecule has 0 amide bonds. The van der Waals surface area contributed by atoms with E-state index >= 15 is 0 Å². The number of rotatable bonds is 9. The van der Waals surface area contributed by atoms with Crippen LogP contribution in [0.2, 0.25) is 0 Å². The molecule has 2 aliphatic carbocycles. The number of alkyl halides is 9. The standard InChI is InChI=1S/C25H20OP.C15H12F3N.C12H10F3N.C11H8F3N2.C3H4.Cu/c1-20-12-8-9-17-23(20)26-24-18-10-11-19-25(24)27(21-13-4-2-5-14-21)22-15-6-3-7-16-22;1-3-6-11-10(2)12(9-13(11)15(16,17)18)14-7-4-5-8-19-14;1-8-6-9(12(13,14)15)7-10(8)11-4-2-3-5-16-11;1-7-6-9(11(12,13)14)16-10(7)8-4-2-3-5-15-8;1-3-2;/h2-19H,1H2;1,4-5,7-8H,6,9H2,2H3;2-6H,7H2,1H3;2-6H,1H3;1H,2H3;/q-1;;;-1;;+2/p+1. The molecule has 423 valence electrons. The molecular formula is C66H55CuF9N4OP+. The van der Waals surface area contributed by atoms with E-state index in [0.29, 0.717) is 44.9 Å². The van der Waals surface area contributed by atoms with Gasteiger partial charge >= 0.3 is 35.6 Å². The summed E-state index contributed by atoms with van der Waals surface area (Å²) in [6.45, 7) is 10.7. The van der Waals surface area contributed by atoms with Crippen LogP contribution in [-0.2, 0) is 23.2 Å². The zero-order valence-corrected chi connectivity index (χ0v) is 46.8. The van der Waals surface area contributed by atoms with Crippen molar-refractivity contribution >= 4 is 35.0 Å². The second kappa shape index (κ2) is 29.9. The number of halogens is 9. The Hall–Kier alpha value is -8.32. The van der Waals surface area contributed by atoms with Crippen molar-refractivity contribution < 1.29 is 61.3 Å². The molecule has 0 spiro atoms. The van der Waals surface area contributed by atoms with Crippen molar-refractivity contribution in [1.29, 1.82) is 0 Å². The van der Waals surface area contributed by atoms with Gasteiger partial charge in [-0.1, -0.05) is 102 Å². The van der Waals surface area contributed by atoms with Crippen molar-refractivity contribution in [2.24, 2.45) is 0 Å². The smallest absolute Gasteiger partial charge is 0.652 e. The molecule has 4 aromatic heterocycles. The Morgan fingerprint density at radius 2 is 1.06 bits per heavy atom. The molecule has 16 heteroatoms. The minimum absolute atomic E-state index is 0. The summed E-state index contributed by atoms with van der Waals surface area (Å²) in [5, 5.41) is 3.92. The largest absolute Gasteiger partial charge is 2.00 e. The SMILES string of the molecule is C#CC.C#CCC1=C(C(F)(F)F)CC(c2ccccn2)=C1C.CC1=C(c2ccccn2)CC(C(F)(F)F)=C1.Cc1cc(C(F)(F)F)[n-]c1-c1ccccn1.[CH2-]c1ccccc1Oc1ccccc1[PH+](c1ccccc1)c1ccccc1.[Cu+2]. The van der Waals surface area contributed by atoms with Gasteiger partial charge in [-0.2, -0.15) is 58.1 Å². The van der Waals surface area contributed by atoms with Gasteiger partial charge < -0.3 is 9.72 Å². The predicted octanol–water partition coefficient (Wildman–Crippen LogP) is 16.7. The topological polar surface area (TPSA) is 62.0 Å². The maximum Gasteiger partial charge on any atom is 2.00 e. The van der Waals surface area contributed by atoms with Gasteiger partial charge in [0.15, 0.2) is 5.75 Å². The third-order valence-electron chi connectivity index (χ3n) is 12.4. The molecule has 0 bridgehead atoms. The second-order valence-electron chi connectivity index (χ2n) is 18.0. The molecule has 0 atom stereocenters. The van der Waals surface area contributed by atoms with Gasteiger partial charge in [-0.25, -0.2) is 0 Å². The second-order valence-corrected chi connectivity index (χ2v) is 20.5. The van der Waals surface area contributed by atoms with Gasteiger partial charge in [-0.3, -0.25) is 15.0 Å². The maximum absolute atomic E-state index is 13.0. The molecule has 2 aliphatic rings. The third-order valence-corrected chi connectivity index (χ3v) is 15.2. The van der Waals surface area contributed by atoms with Crippen LogP contribution in [0, 0.1) is 38.5 Å². The fraction of sp³-hybridized carbons (Fsp3) is 0.152. The van der Waals surface area contributed by atoms with Gasteiger partial charge in [0.25, 0.3) is 0 Å². The number of para-hydroxylation sites is 2. The van der Waals surface area contributed by atoms with Crippen molar-refractivity contribution in [1.82, 2.24) is 19.9 Å².